The molecule has 0 saturated heterocycles. The Hall–Kier alpha value is -1.35. The zero-order valence-corrected chi connectivity index (χ0v) is 17.1. The maximum atomic E-state index is 11.9. The maximum absolute atomic E-state index is 11.9. The number of unbranched alkanes of at least 4 members (excludes halogenated alkanes) is 2. The van der Waals surface area contributed by atoms with Crippen LogP contribution in [0.5, 0.6) is 0 Å². The first-order chi connectivity index (χ1) is 11.5. The quantitative estimate of drug-likeness (QED) is 0.289. The second-order valence-corrected chi connectivity index (χ2v) is 8.95. The molecule has 0 spiro atoms. The van der Waals surface area contributed by atoms with Crippen molar-refractivity contribution in [1.82, 2.24) is 0 Å². The Bertz CT molecular complexity index is 521. The van der Waals surface area contributed by atoms with E-state index < -0.39 is 5.60 Å². The topological polar surface area (TPSA) is 35.5 Å². The molecule has 0 aliphatic rings. The molecule has 1 rings (SSSR count). The van der Waals surface area contributed by atoms with Gasteiger partial charge in [0.05, 0.1) is 0 Å². The van der Waals surface area contributed by atoms with Crippen LogP contribution in [0.3, 0.4) is 0 Å². The second kappa shape index (κ2) is 9.38. The fourth-order valence-corrected chi connectivity index (χ4v) is 2.61. The molecular formula is C22H36O3. The van der Waals surface area contributed by atoms with Gasteiger partial charge in [-0.15, -0.1) is 0 Å². The standard InChI is InChI=1S/C22H36O3/c1-17(2)18-12-14-19(15-13-18)22(6,7)25-24-20(23)11-9-8-10-16-21(3,4)5/h12-15,17H,8-11,16H2,1-7H3. The van der Waals surface area contributed by atoms with E-state index >= 15 is 0 Å². The Balaban J connectivity index is 2.36. The minimum Gasteiger partial charge on any atom is -0.297 e. The van der Waals surface area contributed by atoms with Crippen LogP contribution >= 0.6 is 0 Å². The van der Waals surface area contributed by atoms with E-state index in [1.807, 2.05) is 26.0 Å². The Morgan fingerprint density at radius 2 is 1.56 bits per heavy atom. The van der Waals surface area contributed by atoms with Crippen molar-refractivity contribution >= 4 is 5.97 Å². The third-order valence-electron chi connectivity index (χ3n) is 4.42. The SMILES string of the molecule is CC(C)c1ccc(C(C)(C)OOC(=O)CCCCCC(C)(C)C)cc1. The van der Waals surface area contributed by atoms with E-state index in [4.69, 9.17) is 9.78 Å². The van der Waals surface area contributed by atoms with Crippen molar-refractivity contribution in [2.45, 2.75) is 92.1 Å². The summed E-state index contributed by atoms with van der Waals surface area (Å²) in [5.74, 6) is 0.205. The monoisotopic (exact) mass is 348 g/mol. The normalized spacial score (nSPS) is 12.5. The van der Waals surface area contributed by atoms with Crippen LogP contribution in [-0.2, 0) is 20.2 Å². The minimum absolute atomic E-state index is 0.289. The van der Waals surface area contributed by atoms with Gasteiger partial charge >= 0.3 is 5.97 Å². The van der Waals surface area contributed by atoms with Gasteiger partial charge in [0.2, 0.25) is 0 Å². The summed E-state index contributed by atoms with van der Waals surface area (Å²) in [6, 6.07) is 8.27. The molecule has 0 amide bonds. The molecule has 0 atom stereocenters. The van der Waals surface area contributed by atoms with Gasteiger partial charge in [0.15, 0.2) is 0 Å². The molecule has 0 saturated carbocycles. The number of hydrogen-bond donors (Lipinski definition) is 0. The van der Waals surface area contributed by atoms with Crippen LogP contribution in [0, 0.1) is 5.41 Å². The third-order valence-corrected chi connectivity index (χ3v) is 4.42. The Morgan fingerprint density at radius 3 is 2.08 bits per heavy atom. The minimum atomic E-state index is -0.655. The first kappa shape index (κ1) is 21.7. The van der Waals surface area contributed by atoms with Gasteiger partial charge in [-0.25, -0.2) is 4.79 Å². The van der Waals surface area contributed by atoms with Crippen LogP contribution < -0.4 is 0 Å². The van der Waals surface area contributed by atoms with Crippen LogP contribution in [0.1, 0.15) is 97.6 Å². The molecule has 0 aliphatic carbocycles. The smallest absolute Gasteiger partial charge is 0.297 e. The van der Waals surface area contributed by atoms with Gasteiger partial charge in [-0.05, 0) is 49.1 Å². The molecular weight excluding hydrogens is 312 g/mol. The first-order valence-corrected chi connectivity index (χ1v) is 9.50. The van der Waals surface area contributed by atoms with E-state index in [1.165, 1.54) is 12.0 Å². The number of hydrogen-bond acceptors (Lipinski definition) is 3. The second-order valence-electron chi connectivity index (χ2n) is 8.95. The van der Waals surface area contributed by atoms with Crippen molar-refractivity contribution in [2.24, 2.45) is 5.41 Å². The predicted molar refractivity (Wildman–Crippen MR) is 103 cm³/mol. The molecule has 1 aromatic rings. The van der Waals surface area contributed by atoms with E-state index in [-0.39, 0.29) is 5.97 Å². The molecule has 0 bridgehead atoms. The summed E-state index contributed by atoms with van der Waals surface area (Å²) in [5.41, 5.74) is 1.98. The third kappa shape index (κ3) is 8.53. The van der Waals surface area contributed by atoms with Gasteiger partial charge in [0.25, 0.3) is 0 Å². The summed E-state index contributed by atoms with van der Waals surface area (Å²) in [4.78, 5) is 22.4. The average Bonchev–Trinajstić information content (AvgIpc) is 2.51. The molecule has 25 heavy (non-hydrogen) atoms. The van der Waals surface area contributed by atoms with Gasteiger partial charge in [0, 0.05) is 6.42 Å². The van der Waals surface area contributed by atoms with Gasteiger partial charge in [-0.2, -0.15) is 4.89 Å². The predicted octanol–water partition coefficient (Wildman–Crippen LogP) is 6.52. The largest absolute Gasteiger partial charge is 0.342 e. The number of carbonyl (C=O) groups excluding carboxylic acids is 1. The number of benzene rings is 1. The highest BCUT2D eigenvalue weighted by atomic mass is 17.2. The average molecular weight is 349 g/mol. The molecule has 3 nitrogen and oxygen atoms in total. The molecule has 0 aromatic heterocycles. The lowest BCUT2D eigenvalue weighted by atomic mass is 9.89. The lowest BCUT2D eigenvalue weighted by Crippen LogP contribution is -2.23. The van der Waals surface area contributed by atoms with E-state index in [0.29, 0.717) is 17.8 Å². The molecule has 0 radical (unpaired) electrons. The highest BCUT2D eigenvalue weighted by molar-refractivity contribution is 5.68. The highest BCUT2D eigenvalue weighted by Gasteiger charge is 2.25. The van der Waals surface area contributed by atoms with E-state index in [9.17, 15) is 4.79 Å². The summed E-state index contributed by atoms with van der Waals surface area (Å²) >= 11 is 0. The Kier molecular flexibility index (Phi) is 8.14. The van der Waals surface area contributed by atoms with Gasteiger partial charge < -0.3 is 0 Å². The number of rotatable bonds is 9. The van der Waals surface area contributed by atoms with Crippen LogP contribution in [0.15, 0.2) is 24.3 Å². The molecule has 1 aromatic carbocycles. The highest BCUT2D eigenvalue weighted by Crippen LogP contribution is 2.27. The van der Waals surface area contributed by atoms with Gasteiger partial charge in [0.1, 0.15) is 5.60 Å². The lowest BCUT2D eigenvalue weighted by molar-refractivity contribution is -0.329. The van der Waals surface area contributed by atoms with Crippen LogP contribution in [0.25, 0.3) is 0 Å². The van der Waals surface area contributed by atoms with Gasteiger partial charge in [-0.1, -0.05) is 71.7 Å². The first-order valence-electron chi connectivity index (χ1n) is 9.50. The fraction of sp³-hybridized carbons (Fsp3) is 0.682. The van der Waals surface area contributed by atoms with E-state index in [0.717, 1.165) is 24.8 Å². The molecule has 0 heterocycles. The van der Waals surface area contributed by atoms with Crippen LogP contribution in [-0.4, -0.2) is 5.97 Å². The summed E-state index contributed by atoms with van der Waals surface area (Å²) in [7, 11) is 0. The van der Waals surface area contributed by atoms with Crippen molar-refractivity contribution in [3.8, 4) is 0 Å². The summed E-state index contributed by atoms with van der Waals surface area (Å²) in [6.45, 7) is 14.9. The van der Waals surface area contributed by atoms with E-state index in [1.54, 1.807) is 0 Å². The van der Waals surface area contributed by atoms with Crippen molar-refractivity contribution in [1.29, 1.82) is 0 Å². The molecule has 3 heteroatoms. The lowest BCUT2D eigenvalue weighted by Gasteiger charge is -2.23. The van der Waals surface area contributed by atoms with Crippen LogP contribution in [0.2, 0.25) is 0 Å². The van der Waals surface area contributed by atoms with Crippen molar-refractivity contribution in [2.75, 3.05) is 0 Å². The fourth-order valence-electron chi connectivity index (χ4n) is 2.61. The molecule has 0 N–H and O–H groups in total. The Morgan fingerprint density at radius 1 is 0.960 bits per heavy atom. The molecule has 0 unspecified atom stereocenters. The number of carbonyl (C=O) groups is 1. The van der Waals surface area contributed by atoms with Crippen molar-refractivity contribution in [3.63, 3.8) is 0 Å². The molecule has 0 fully saturated rings. The Labute approximate surface area is 154 Å². The van der Waals surface area contributed by atoms with Crippen molar-refractivity contribution < 1.29 is 14.6 Å². The summed E-state index contributed by atoms with van der Waals surface area (Å²) < 4.78 is 0. The summed E-state index contributed by atoms with van der Waals surface area (Å²) in [5, 5.41) is 0. The van der Waals surface area contributed by atoms with Crippen LogP contribution in [0.4, 0.5) is 0 Å². The van der Waals surface area contributed by atoms with Crippen molar-refractivity contribution in [3.05, 3.63) is 35.4 Å². The summed E-state index contributed by atoms with van der Waals surface area (Å²) in [6.07, 6.45) is 4.63. The molecule has 142 valence electrons. The van der Waals surface area contributed by atoms with Gasteiger partial charge in [-0.3, -0.25) is 4.89 Å². The molecule has 0 aliphatic heterocycles. The van der Waals surface area contributed by atoms with E-state index in [2.05, 4.69) is 46.8 Å². The zero-order chi connectivity index (χ0) is 19.1. The maximum Gasteiger partial charge on any atom is 0.342 e. The zero-order valence-electron chi connectivity index (χ0n) is 17.1.